The molecule has 0 heterocycles. The minimum atomic E-state index is -0.643. The van der Waals surface area contributed by atoms with Gasteiger partial charge in [-0.15, -0.1) is 0 Å². The summed E-state index contributed by atoms with van der Waals surface area (Å²) in [4.78, 5) is 10.8. The van der Waals surface area contributed by atoms with Crippen molar-refractivity contribution in [3.8, 4) is 0 Å². The predicted octanol–water partition coefficient (Wildman–Crippen LogP) is 2.26. The summed E-state index contributed by atoms with van der Waals surface area (Å²) in [5, 5.41) is 12.4. The van der Waals surface area contributed by atoms with Crippen LogP contribution in [0.4, 0.5) is 0 Å². The summed E-state index contributed by atoms with van der Waals surface area (Å²) in [5.41, 5.74) is 0. The van der Waals surface area contributed by atoms with Gasteiger partial charge in [0, 0.05) is 12.1 Å². The summed E-state index contributed by atoms with van der Waals surface area (Å²) in [7, 11) is 0. The van der Waals surface area contributed by atoms with E-state index in [1.807, 2.05) is 0 Å². The molecule has 0 aromatic rings. The van der Waals surface area contributed by atoms with Crippen LogP contribution in [0.2, 0.25) is 0 Å². The lowest BCUT2D eigenvalue weighted by Gasteiger charge is -2.38. The van der Waals surface area contributed by atoms with Gasteiger partial charge in [0.05, 0.1) is 5.92 Å². The van der Waals surface area contributed by atoms with Crippen LogP contribution in [-0.4, -0.2) is 23.2 Å². The van der Waals surface area contributed by atoms with Crippen LogP contribution in [0.3, 0.4) is 0 Å². The van der Waals surface area contributed by atoms with Gasteiger partial charge in [-0.3, -0.25) is 4.79 Å². The molecule has 1 saturated carbocycles. The third-order valence-electron chi connectivity index (χ3n) is 3.82. The monoisotopic (exact) mass is 213 g/mol. The van der Waals surface area contributed by atoms with Gasteiger partial charge in [-0.1, -0.05) is 26.7 Å². The Hall–Kier alpha value is -0.570. The second kappa shape index (κ2) is 5.50. The van der Waals surface area contributed by atoms with Crippen molar-refractivity contribution in [1.29, 1.82) is 0 Å². The van der Waals surface area contributed by atoms with E-state index >= 15 is 0 Å². The minimum absolute atomic E-state index is 0.151. The van der Waals surface area contributed by atoms with Crippen molar-refractivity contribution in [2.75, 3.05) is 0 Å². The molecule has 0 radical (unpaired) electrons. The lowest BCUT2D eigenvalue weighted by atomic mass is 9.78. The molecule has 1 aliphatic rings. The first kappa shape index (κ1) is 12.5. The molecular formula is C12H23NO2. The highest BCUT2D eigenvalue weighted by atomic mass is 16.4. The summed E-state index contributed by atoms with van der Waals surface area (Å²) in [5.74, 6) is -0.127. The van der Waals surface area contributed by atoms with Gasteiger partial charge in [0.25, 0.3) is 0 Å². The quantitative estimate of drug-likeness (QED) is 0.711. The van der Waals surface area contributed by atoms with E-state index in [0.717, 1.165) is 25.7 Å². The van der Waals surface area contributed by atoms with E-state index < -0.39 is 5.97 Å². The largest absolute Gasteiger partial charge is 0.481 e. The van der Waals surface area contributed by atoms with Crippen molar-refractivity contribution in [3.05, 3.63) is 0 Å². The summed E-state index contributed by atoms with van der Waals surface area (Å²) in [6.07, 6.45) is 4.17. The molecule has 0 aliphatic heterocycles. The number of carbonyl (C=O) groups is 1. The highest BCUT2D eigenvalue weighted by Gasteiger charge is 2.37. The maximum Gasteiger partial charge on any atom is 0.308 e. The van der Waals surface area contributed by atoms with Crippen LogP contribution in [0.15, 0.2) is 0 Å². The number of carboxylic acid groups (broad SMARTS) is 1. The molecule has 3 heteroatoms. The Morgan fingerprint density at radius 1 is 1.40 bits per heavy atom. The van der Waals surface area contributed by atoms with Gasteiger partial charge in [0.15, 0.2) is 0 Å². The average Bonchev–Trinajstić information content (AvgIpc) is 2.13. The van der Waals surface area contributed by atoms with Gasteiger partial charge in [-0.2, -0.15) is 0 Å². The van der Waals surface area contributed by atoms with Gasteiger partial charge in [0.1, 0.15) is 0 Å². The molecule has 0 saturated heterocycles. The van der Waals surface area contributed by atoms with E-state index in [0.29, 0.717) is 12.0 Å². The van der Waals surface area contributed by atoms with Crippen molar-refractivity contribution in [3.63, 3.8) is 0 Å². The maximum atomic E-state index is 10.8. The highest BCUT2D eigenvalue weighted by Crippen LogP contribution is 2.29. The fourth-order valence-corrected chi connectivity index (χ4v) is 2.46. The molecule has 3 unspecified atom stereocenters. The van der Waals surface area contributed by atoms with Crippen LogP contribution in [0.5, 0.6) is 0 Å². The van der Waals surface area contributed by atoms with E-state index in [9.17, 15) is 4.79 Å². The summed E-state index contributed by atoms with van der Waals surface area (Å²) >= 11 is 0. The van der Waals surface area contributed by atoms with Crippen molar-refractivity contribution in [2.45, 2.75) is 58.5 Å². The second-order valence-electron chi connectivity index (χ2n) is 4.66. The molecule has 0 aromatic carbocycles. The van der Waals surface area contributed by atoms with Gasteiger partial charge in [0.2, 0.25) is 0 Å². The second-order valence-corrected chi connectivity index (χ2v) is 4.66. The van der Waals surface area contributed by atoms with E-state index in [1.54, 1.807) is 0 Å². The van der Waals surface area contributed by atoms with Crippen LogP contribution >= 0.6 is 0 Å². The number of rotatable bonds is 6. The predicted molar refractivity (Wildman–Crippen MR) is 60.8 cm³/mol. The Bertz CT molecular complexity index is 214. The molecule has 3 atom stereocenters. The molecule has 1 rings (SSSR count). The molecular weight excluding hydrogens is 190 g/mol. The van der Waals surface area contributed by atoms with E-state index in [2.05, 4.69) is 26.1 Å². The number of carboxylic acids is 1. The smallest absolute Gasteiger partial charge is 0.308 e. The Morgan fingerprint density at radius 3 is 2.33 bits per heavy atom. The van der Waals surface area contributed by atoms with Crippen LogP contribution in [0, 0.1) is 11.8 Å². The first-order valence-corrected chi connectivity index (χ1v) is 6.08. The van der Waals surface area contributed by atoms with Crippen LogP contribution in [0.1, 0.15) is 46.5 Å². The number of aliphatic carboxylic acids is 1. The number of nitrogens with one attached hydrogen (secondary N) is 1. The molecule has 0 spiro atoms. The minimum Gasteiger partial charge on any atom is -0.481 e. The van der Waals surface area contributed by atoms with Crippen LogP contribution in [-0.2, 0) is 4.79 Å². The SMILES string of the molecule is CCC(CC)C(C)NC1CCC1C(=O)O. The molecule has 3 nitrogen and oxygen atoms in total. The zero-order valence-corrected chi connectivity index (χ0v) is 9.99. The Labute approximate surface area is 92.3 Å². The highest BCUT2D eigenvalue weighted by molar-refractivity contribution is 5.72. The first-order valence-electron chi connectivity index (χ1n) is 6.08. The van der Waals surface area contributed by atoms with E-state index in [-0.39, 0.29) is 12.0 Å². The molecule has 88 valence electrons. The normalized spacial score (nSPS) is 27.5. The molecule has 1 aliphatic carbocycles. The van der Waals surface area contributed by atoms with Gasteiger partial charge in [-0.05, 0) is 25.7 Å². The summed E-state index contributed by atoms with van der Waals surface area (Å²) < 4.78 is 0. The van der Waals surface area contributed by atoms with Crippen molar-refractivity contribution < 1.29 is 9.90 Å². The van der Waals surface area contributed by atoms with Crippen LogP contribution in [0.25, 0.3) is 0 Å². The summed E-state index contributed by atoms with van der Waals surface area (Å²) in [6, 6.07) is 0.644. The number of hydrogen-bond acceptors (Lipinski definition) is 2. The topological polar surface area (TPSA) is 49.3 Å². The molecule has 1 fully saturated rings. The molecule has 0 amide bonds. The molecule has 15 heavy (non-hydrogen) atoms. The van der Waals surface area contributed by atoms with Crippen molar-refractivity contribution in [1.82, 2.24) is 5.32 Å². The third kappa shape index (κ3) is 2.94. The molecule has 0 bridgehead atoms. The van der Waals surface area contributed by atoms with Crippen molar-refractivity contribution >= 4 is 5.97 Å². The fraction of sp³-hybridized carbons (Fsp3) is 0.917. The van der Waals surface area contributed by atoms with E-state index in [1.165, 1.54) is 0 Å². The van der Waals surface area contributed by atoms with Gasteiger partial charge in [-0.25, -0.2) is 0 Å². The first-order chi connectivity index (χ1) is 7.10. The average molecular weight is 213 g/mol. The van der Waals surface area contributed by atoms with Crippen molar-refractivity contribution in [2.24, 2.45) is 11.8 Å². The lowest BCUT2D eigenvalue weighted by Crippen LogP contribution is -2.52. The van der Waals surface area contributed by atoms with Crippen LogP contribution < -0.4 is 5.32 Å². The van der Waals surface area contributed by atoms with E-state index in [4.69, 9.17) is 5.11 Å². The third-order valence-corrected chi connectivity index (χ3v) is 3.82. The maximum absolute atomic E-state index is 10.8. The zero-order chi connectivity index (χ0) is 11.4. The number of hydrogen-bond donors (Lipinski definition) is 2. The van der Waals surface area contributed by atoms with Gasteiger partial charge < -0.3 is 10.4 Å². The standard InChI is InChI=1S/C12H23NO2/c1-4-9(5-2)8(3)13-11-7-6-10(11)12(14)15/h8-11,13H,4-7H2,1-3H3,(H,14,15). The molecule has 2 N–H and O–H groups in total. The fourth-order valence-electron chi connectivity index (χ4n) is 2.46. The zero-order valence-electron chi connectivity index (χ0n) is 9.99. The lowest BCUT2D eigenvalue weighted by molar-refractivity contribution is -0.146. The Kier molecular flexibility index (Phi) is 4.58. The molecule has 0 aromatic heterocycles. The summed E-state index contributed by atoms with van der Waals surface area (Å²) in [6.45, 7) is 6.57. The Morgan fingerprint density at radius 2 is 2.00 bits per heavy atom. The Balaban J connectivity index is 2.37. The van der Waals surface area contributed by atoms with Gasteiger partial charge >= 0.3 is 5.97 Å².